The largest absolute Gasteiger partial charge is 0.473 e. The summed E-state index contributed by atoms with van der Waals surface area (Å²) in [5.41, 5.74) is 0. The zero-order chi connectivity index (χ0) is 3.54. The summed E-state index contributed by atoms with van der Waals surface area (Å²) < 4.78 is 4.58. The molecule has 0 saturated heterocycles. The molecular formula is C4H4CuO. The molecule has 1 rings (SSSR count). The fraction of sp³-hybridized carbons (Fsp3) is 0. The van der Waals surface area contributed by atoms with Crippen LogP contribution in [0.2, 0.25) is 0 Å². The van der Waals surface area contributed by atoms with E-state index in [1.54, 1.807) is 12.5 Å². The summed E-state index contributed by atoms with van der Waals surface area (Å²) in [6, 6.07) is 3.67. The second kappa shape index (κ2) is 3.01. The maximum Gasteiger partial charge on any atom is 0.0902 e. The quantitative estimate of drug-likeness (QED) is 0.484. The minimum absolute atomic E-state index is 0. The van der Waals surface area contributed by atoms with Crippen molar-refractivity contribution in [2.24, 2.45) is 0 Å². The summed E-state index contributed by atoms with van der Waals surface area (Å²) in [5.74, 6) is 0. The van der Waals surface area contributed by atoms with Gasteiger partial charge in [0, 0.05) is 17.1 Å². The smallest absolute Gasteiger partial charge is 0.0902 e. The number of furan rings is 1. The summed E-state index contributed by atoms with van der Waals surface area (Å²) in [7, 11) is 0. The van der Waals surface area contributed by atoms with E-state index in [0.717, 1.165) is 0 Å². The third kappa shape index (κ3) is 1.29. The van der Waals surface area contributed by atoms with Crippen LogP contribution in [-0.2, 0) is 17.1 Å². The van der Waals surface area contributed by atoms with Crippen LogP contribution in [0.1, 0.15) is 0 Å². The molecule has 1 nitrogen and oxygen atoms in total. The Kier molecular flexibility index (Phi) is 2.91. The molecule has 0 aliphatic carbocycles. The molecule has 0 fully saturated rings. The molecule has 1 aromatic rings. The molecule has 1 aromatic heterocycles. The van der Waals surface area contributed by atoms with Gasteiger partial charge in [-0.05, 0) is 12.1 Å². The molecule has 0 bridgehead atoms. The number of rotatable bonds is 0. The topological polar surface area (TPSA) is 13.1 Å². The van der Waals surface area contributed by atoms with Crippen molar-refractivity contribution in [3.63, 3.8) is 0 Å². The first-order valence-corrected chi connectivity index (χ1v) is 1.47. The van der Waals surface area contributed by atoms with Crippen molar-refractivity contribution in [2.75, 3.05) is 0 Å². The zero-order valence-electron chi connectivity index (χ0n) is 3.02. The van der Waals surface area contributed by atoms with Crippen molar-refractivity contribution >= 4 is 0 Å². The minimum atomic E-state index is 0. The Labute approximate surface area is 46.8 Å². The average molecular weight is 132 g/mol. The van der Waals surface area contributed by atoms with Crippen LogP contribution in [0.15, 0.2) is 29.1 Å². The molecule has 0 aromatic carbocycles. The molecule has 2 heteroatoms. The van der Waals surface area contributed by atoms with Gasteiger partial charge in [0.15, 0.2) is 0 Å². The molecule has 6 heavy (non-hydrogen) atoms. The van der Waals surface area contributed by atoms with Crippen molar-refractivity contribution in [2.45, 2.75) is 0 Å². The second-order valence-corrected chi connectivity index (χ2v) is 0.793. The summed E-state index contributed by atoms with van der Waals surface area (Å²) in [6.07, 6.45) is 3.25. The van der Waals surface area contributed by atoms with Crippen LogP contribution < -0.4 is 0 Å². The van der Waals surface area contributed by atoms with Gasteiger partial charge in [0.25, 0.3) is 0 Å². The normalized spacial score (nSPS) is 6.67. The van der Waals surface area contributed by atoms with Crippen LogP contribution in [0.4, 0.5) is 0 Å². The molecule has 0 saturated carbocycles. The van der Waals surface area contributed by atoms with Crippen LogP contribution in [0, 0.1) is 0 Å². The molecule has 0 atom stereocenters. The minimum Gasteiger partial charge on any atom is -0.473 e. The van der Waals surface area contributed by atoms with E-state index < -0.39 is 0 Å². The Bertz CT molecular complexity index is 64.0. The van der Waals surface area contributed by atoms with E-state index in [0.29, 0.717) is 0 Å². The van der Waals surface area contributed by atoms with Crippen LogP contribution in [-0.4, -0.2) is 0 Å². The second-order valence-electron chi connectivity index (χ2n) is 0.793. The van der Waals surface area contributed by atoms with Gasteiger partial charge in [-0.2, -0.15) is 0 Å². The first-order valence-electron chi connectivity index (χ1n) is 1.47. The molecule has 0 aliphatic rings. The third-order valence-electron chi connectivity index (χ3n) is 0.425. The summed E-state index contributed by atoms with van der Waals surface area (Å²) in [6.45, 7) is 0. The van der Waals surface area contributed by atoms with Crippen LogP contribution in [0.25, 0.3) is 0 Å². The Morgan fingerprint density at radius 3 is 1.67 bits per heavy atom. The molecule has 0 aliphatic heterocycles. The summed E-state index contributed by atoms with van der Waals surface area (Å²) in [5, 5.41) is 0. The van der Waals surface area contributed by atoms with Gasteiger partial charge in [-0.3, -0.25) is 0 Å². The number of hydrogen-bond donors (Lipinski definition) is 0. The van der Waals surface area contributed by atoms with E-state index >= 15 is 0 Å². The molecule has 0 N–H and O–H groups in total. The van der Waals surface area contributed by atoms with Crippen LogP contribution >= 0.6 is 0 Å². The first kappa shape index (κ1) is 5.80. The summed E-state index contributed by atoms with van der Waals surface area (Å²) >= 11 is 0. The fourth-order valence-electron chi connectivity index (χ4n) is 0.227. The van der Waals surface area contributed by atoms with Crippen molar-refractivity contribution in [3.05, 3.63) is 24.7 Å². The van der Waals surface area contributed by atoms with E-state index in [-0.39, 0.29) is 17.1 Å². The number of hydrogen-bond acceptors (Lipinski definition) is 1. The van der Waals surface area contributed by atoms with Crippen molar-refractivity contribution < 1.29 is 21.5 Å². The van der Waals surface area contributed by atoms with Gasteiger partial charge in [0.2, 0.25) is 0 Å². The molecule has 1 radical (unpaired) electrons. The molecular weight excluding hydrogens is 128 g/mol. The van der Waals surface area contributed by atoms with Crippen LogP contribution in [0.3, 0.4) is 0 Å². The molecule has 0 unspecified atom stereocenters. The Balaban J connectivity index is 0.000000250. The molecule has 0 amide bonds. The van der Waals surface area contributed by atoms with Gasteiger partial charge < -0.3 is 4.42 Å². The third-order valence-corrected chi connectivity index (χ3v) is 0.425. The first-order chi connectivity index (χ1) is 2.50. The van der Waals surface area contributed by atoms with Crippen LogP contribution in [0.5, 0.6) is 0 Å². The van der Waals surface area contributed by atoms with E-state index in [2.05, 4.69) is 4.42 Å². The Hall–Kier alpha value is -0.201. The maximum atomic E-state index is 4.58. The van der Waals surface area contributed by atoms with E-state index in [1.165, 1.54) is 0 Å². The Morgan fingerprint density at radius 2 is 1.50 bits per heavy atom. The average Bonchev–Trinajstić information content (AvgIpc) is 1.76. The van der Waals surface area contributed by atoms with Gasteiger partial charge in [0.1, 0.15) is 0 Å². The van der Waals surface area contributed by atoms with Gasteiger partial charge in [-0.1, -0.05) is 0 Å². The van der Waals surface area contributed by atoms with Crippen molar-refractivity contribution in [3.8, 4) is 0 Å². The standard InChI is InChI=1S/C4H4O.Cu/c1-2-4-5-3-1;/h1-4H;. The zero-order valence-corrected chi connectivity index (χ0v) is 3.96. The van der Waals surface area contributed by atoms with Gasteiger partial charge in [-0.25, -0.2) is 0 Å². The molecule has 1 heterocycles. The summed E-state index contributed by atoms with van der Waals surface area (Å²) in [4.78, 5) is 0. The Morgan fingerprint density at radius 1 is 1.00 bits per heavy atom. The van der Waals surface area contributed by atoms with E-state index in [1.807, 2.05) is 12.1 Å². The van der Waals surface area contributed by atoms with Gasteiger partial charge in [0.05, 0.1) is 12.5 Å². The SMILES string of the molecule is [Cu].c1ccoc1. The van der Waals surface area contributed by atoms with Gasteiger partial charge in [-0.15, -0.1) is 0 Å². The molecule has 37 valence electrons. The van der Waals surface area contributed by atoms with E-state index in [4.69, 9.17) is 0 Å². The van der Waals surface area contributed by atoms with Crippen molar-refractivity contribution in [1.82, 2.24) is 0 Å². The van der Waals surface area contributed by atoms with Crippen molar-refractivity contribution in [1.29, 1.82) is 0 Å². The van der Waals surface area contributed by atoms with Gasteiger partial charge >= 0.3 is 0 Å². The fourth-order valence-corrected chi connectivity index (χ4v) is 0.227. The molecule has 0 spiro atoms. The predicted molar refractivity (Wildman–Crippen MR) is 18.7 cm³/mol. The maximum absolute atomic E-state index is 4.58. The van der Waals surface area contributed by atoms with E-state index in [9.17, 15) is 0 Å². The predicted octanol–water partition coefficient (Wildman–Crippen LogP) is 1.28. The monoisotopic (exact) mass is 131 g/mol.